The molecule has 0 atom stereocenters. The number of ether oxygens (including phenoxy) is 1. The van der Waals surface area contributed by atoms with E-state index in [1.807, 2.05) is 42.5 Å². The number of nitrogens with zero attached hydrogens (tertiary/aromatic N) is 1. The van der Waals surface area contributed by atoms with E-state index >= 15 is 0 Å². The van der Waals surface area contributed by atoms with E-state index in [1.165, 1.54) is 0 Å². The van der Waals surface area contributed by atoms with Crippen LogP contribution >= 0.6 is 11.3 Å². The van der Waals surface area contributed by atoms with E-state index in [2.05, 4.69) is 10.3 Å². The molecule has 0 bridgehead atoms. The van der Waals surface area contributed by atoms with Gasteiger partial charge >= 0.3 is 0 Å². The van der Waals surface area contributed by atoms with Crippen LogP contribution in [0.2, 0.25) is 0 Å². The van der Waals surface area contributed by atoms with Crippen molar-refractivity contribution < 1.29 is 9.53 Å². The van der Waals surface area contributed by atoms with E-state index in [-0.39, 0.29) is 5.91 Å². The maximum Gasteiger partial charge on any atom is 0.251 e. The average molecular weight is 324 g/mol. The van der Waals surface area contributed by atoms with Crippen molar-refractivity contribution in [1.82, 2.24) is 10.3 Å². The number of nitrogens with one attached hydrogen (secondary N) is 1. The summed E-state index contributed by atoms with van der Waals surface area (Å²) in [6.45, 7) is 0. The van der Waals surface area contributed by atoms with Gasteiger partial charge in [0, 0.05) is 17.2 Å². The molecule has 5 heteroatoms. The van der Waals surface area contributed by atoms with Gasteiger partial charge in [-0.15, -0.1) is 11.3 Å². The summed E-state index contributed by atoms with van der Waals surface area (Å²) in [6, 6.07) is 13.9. The standard InChI is InChI=1S/C18H16N2O2S/c1-22-14-7-2-11(3-8-14)18-20-15-9-4-12(10-16(15)23-18)17(21)19-13-5-6-13/h2-4,7-10,13H,5-6H2,1H3,(H,19,21). The molecule has 1 aromatic heterocycles. The van der Waals surface area contributed by atoms with Gasteiger partial charge in [0.25, 0.3) is 5.91 Å². The minimum atomic E-state index is 0.00815. The largest absolute Gasteiger partial charge is 0.497 e. The Bertz CT molecular complexity index is 866. The molecule has 1 heterocycles. The molecule has 1 aliphatic rings. The lowest BCUT2D eigenvalue weighted by molar-refractivity contribution is 0.0951. The van der Waals surface area contributed by atoms with Gasteiger partial charge in [-0.1, -0.05) is 0 Å². The van der Waals surface area contributed by atoms with Crippen LogP contribution in [0, 0.1) is 0 Å². The van der Waals surface area contributed by atoms with Crippen LogP contribution in [0.4, 0.5) is 0 Å². The molecule has 116 valence electrons. The molecule has 2 aromatic carbocycles. The minimum absolute atomic E-state index is 0.00815. The zero-order valence-corrected chi connectivity index (χ0v) is 13.5. The lowest BCUT2D eigenvalue weighted by atomic mass is 10.2. The number of methoxy groups -OCH3 is 1. The summed E-state index contributed by atoms with van der Waals surface area (Å²) in [5.74, 6) is 0.836. The molecule has 0 radical (unpaired) electrons. The molecule has 4 nitrogen and oxygen atoms in total. The van der Waals surface area contributed by atoms with Crippen LogP contribution in [0.1, 0.15) is 23.2 Å². The van der Waals surface area contributed by atoms with E-state index in [1.54, 1.807) is 18.4 Å². The Kier molecular flexibility index (Phi) is 3.50. The van der Waals surface area contributed by atoms with Gasteiger partial charge in [-0.25, -0.2) is 4.98 Å². The summed E-state index contributed by atoms with van der Waals surface area (Å²) >= 11 is 1.60. The van der Waals surface area contributed by atoms with E-state index < -0.39 is 0 Å². The molecule has 1 saturated carbocycles. The first-order valence-electron chi connectivity index (χ1n) is 7.59. The number of carbonyl (C=O) groups is 1. The summed E-state index contributed by atoms with van der Waals surface area (Å²) in [5, 5.41) is 3.96. The molecule has 0 saturated heterocycles. The summed E-state index contributed by atoms with van der Waals surface area (Å²) in [4.78, 5) is 16.8. The fraction of sp³-hybridized carbons (Fsp3) is 0.222. The number of carbonyl (C=O) groups excluding carboxylic acids is 1. The van der Waals surface area contributed by atoms with Crippen LogP contribution in [-0.4, -0.2) is 24.0 Å². The third-order valence-electron chi connectivity index (χ3n) is 3.90. The van der Waals surface area contributed by atoms with Gasteiger partial charge in [0.1, 0.15) is 10.8 Å². The summed E-state index contributed by atoms with van der Waals surface area (Å²) in [5.41, 5.74) is 2.68. The maximum absolute atomic E-state index is 12.1. The highest BCUT2D eigenvalue weighted by atomic mass is 32.1. The highest BCUT2D eigenvalue weighted by Crippen LogP contribution is 2.31. The highest BCUT2D eigenvalue weighted by Gasteiger charge is 2.24. The Morgan fingerprint density at radius 3 is 2.70 bits per heavy atom. The molecular weight excluding hydrogens is 308 g/mol. The number of thiazole rings is 1. The molecule has 0 aliphatic heterocycles. The number of hydrogen-bond donors (Lipinski definition) is 1. The molecule has 0 spiro atoms. The second-order valence-corrected chi connectivity index (χ2v) is 6.71. The number of aromatic nitrogens is 1. The Balaban J connectivity index is 1.65. The van der Waals surface area contributed by atoms with Crippen molar-refractivity contribution in [3.8, 4) is 16.3 Å². The zero-order chi connectivity index (χ0) is 15.8. The van der Waals surface area contributed by atoms with Crippen molar-refractivity contribution in [3.63, 3.8) is 0 Å². The molecule has 3 aromatic rings. The van der Waals surface area contributed by atoms with Crippen molar-refractivity contribution in [2.24, 2.45) is 0 Å². The van der Waals surface area contributed by atoms with Crippen LogP contribution < -0.4 is 10.1 Å². The Morgan fingerprint density at radius 2 is 2.00 bits per heavy atom. The van der Waals surface area contributed by atoms with Crippen molar-refractivity contribution in [2.75, 3.05) is 7.11 Å². The maximum atomic E-state index is 12.1. The van der Waals surface area contributed by atoms with Crippen molar-refractivity contribution in [1.29, 1.82) is 0 Å². The number of benzene rings is 2. The summed E-state index contributed by atoms with van der Waals surface area (Å²) in [7, 11) is 1.65. The predicted molar refractivity (Wildman–Crippen MR) is 92.1 cm³/mol. The predicted octanol–water partition coefficient (Wildman–Crippen LogP) is 3.86. The van der Waals surface area contributed by atoms with Crippen molar-refractivity contribution >= 4 is 27.5 Å². The molecule has 1 N–H and O–H groups in total. The first-order valence-corrected chi connectivity index (χ1v) is 8.40. The van der Waals surface area contributed by atoms with E-state index in [0.29, 0.717) is 11.6 Å². The van der Waals surface area contributed by atoms with Gasteiger partial charge in [0.05, 0.1) is 17.3 Å². The third-order valence-corrected chi connectivity index (χ3v) is 4.97. The van der Waals surface area contributed by atoms with Crippen LogP contribution in [0.5, 0.6) is 5.75 Å². The summed E-state index contributed by atoms with van der Waals surface area (Å²) in [6.07, 6.45) is 2.19. The van der Waals surface area contributed by atoms with Crippen molar-refractivity contribution in [3.05, 3.63) is 48.0 Å². The zero-order valence-electron chi connectivity index (χ0n) is 12.7. The number of amides is 1. The van der Waals surface area contributed by atoms with Gasteiger partial charge in [0.2, 0.25) is 0 Å². The molecule has 1 amide bonds. The monoisotopic (exact) mass is 324 g/mol. The van der Waals surface area contributed by atoms with Crippen LogP contribution in [0.25, 0.3) is 20.8 Å². The fourth-order valence-corrected chi connectivity index (χ4v) is 3.43. The normalized spacial score (nSPS) is 14.0. The lowest BCUT2D eigenvalue weighted by Gasteiger charge is -2.02. The Labute approximate surface area is 138 Å². The van der Waals surface area contributed by atoms with Gasteiger partial charge in [0.15, 0.2) is 0 Å². The lowest BCUT2D eigenvalue weighted by Crippen LogP contribution is -2.25. The summed E-state index contributed by atoms with van der Waals surface area (Å²) < 4.78 is 6.21. The molecule has 23 heavy (non-hydrogen) atoms. The fourth-order valence-electron chi connectivity index (χ4n) is 2.42. The Morgan fingerprint density at radius 1 is 1.22 bits per heavy atom. The second kappa shape index (κ2) is 5.66. The van der Waals surface area contributed by atoms with Crippen molar-refractivity contribution in [2.45, 2.75) is 18.9 Å². The van der Waals surface area contributed by atoms with Crippen LogP contribution in [-0.2, 0) is 0 Å². The van der Waals surface area contributed by atoms with Gasteiger partial charge in [-0.3, -0.25) is 4.79 Å². The van der Waals surface area contributed by atoms with E-state index in [9.17, 15) is 4.79 Å². The molecule has 1 fully saturated rings. The van der Waals surface area contributed by atoms with E-state index in [4.69, 9.17) is 4.74 Å². The van der Waals surface area contributed by atoms with Crippen LogP contribution in [0.15, 0.2) is 42.5 Å². The topological polar surface area (TPSA) is 51.2 Å². The highest BCUT2D eigenvalue weighted by molar-refractivity contribution is 7.21. The Hall–Kier alpha value is -2.40. The average Bonchev–Trinajstić information content (AvgIpc) is 3.29. The number of rotatable bonds is 4. The first-order chi connectivity index (χ1) is 11.2. The molecule has 0 unspecified atom stereocenters. The van der Waals surface area contributed by atoms with Crippen LogP contribution in [0.3, 0.4) is 0 Å². The smallest absolute Gasteiger partial charge is 0.251 e. The third kappa shape index (κ3) is 2.92. The number of hydrogen-bond acceptors (Lipinski definition) is 4. The van der Waals surface area contributed by atoms with E-state index in [0.717, 1.165) is 39.4 Å². The second-order valence-electron chi connectivity index (χ2n) is 5.68. The number of fused-ring (bicyclic) bond motifs is 1. The molecular formula is C18H16N2O2S. The molecule has 1 aliphatic carbocycles. The minimum Gasteiger partial charge on any atom is -0.497 e. The molecule has 4 rings (SSSR count). The quantitative estimate of drug-likeness (QED) is 0.793. The van der Waals surface area contributed by atoms with Gasteiger partial charge < -0.3 is 10.1 Å². The van der Waals surface area contributed by atoms with Gasteiger partial charge in [-0.2, -0.15) is 0 Å². The SMILES string of the molecule is COc1ccc(-c2nc3ccc(C(=O)NC4CC4)cc3s2)cc1. The van der Waals surface area contributed by atoms with Gasteiger partial charge in [-0.05, 0) is 55.3 Å². The first kappa shape index (κ1) is 14.2.